The number of hydrogen-bond acceptors (Lipinski definition) is 6. The smallest absolute Gasteiger partial charge is 0.234 e. The molecule has 1 aliphatic heterocycles. The second-order valence-electron chi connectivity index (χ2n) is 11.4. The Balaban J connectivity index is 1.52. The van der Waals surface area contributed by atoms with Crippen molar-refractivity contribution >= 4 is 40.5 Å². The molecule has 8 heteroatoms. The minimum absolute atomic E-state index is 0.0271. The van der Waals surface area contributed by atoms with Crippen LogP contribution in [0.5, 0.6) is 11.5 Å². The van der Waals surface area contributed by atoms with Crippen LogP contribution in [0.25, 0.3) is 6.08 Å². The number of aromatic hydroxyl groups is 1. The largest absolute Gasteiger partial charge is 0.504 e. The van der Waals surface area contributed by atoms with Gasteiger partial charge >= 0.3 is 0 Å². The zero-order valence-corrected chi connectivity index (χ0v) is 25.4. The van der Waals surface area contributed by atoms with Gasteiger partial charge in [0.15, 0.2) is 11.5 Å². The molecular weight excluding hydrogens is 609 g/mol. The molecule has 0 radical (unpaired) electrons. The van der Waals surface area contributed by atoms with Crippen molar-refractivity contribution in [3.8, 4) is 11.5 Å². The number of phenolic OH excluding ortho intramolecular Hbond substituents is 1. The second-order valence-corrected chi connectivity index (χ2v) is 12.5. The van der Waals surface area contributed by atoms with Crippen molar-refractivity contribution < 1.29 is 29.6 Å². The Kier molecular flexibility index (Phi) is 10.1. The van der Waals surface area contributed by atoms with Gasteiger partial charge in [-0.15, -0.1) is 0 Å². The van der Waals surface area contributed by atoms with E-state index in [1.807, 2.05) is 13.0 Å². The highest BCUT2D eigenvalue weighted by molar-refractivity contribution is 14.1. The topological polar surface area (TPSA) is 107 Å². The maximum absolute atomic E-state index is 13.6. The predicted molar refractivity (Wildman–Crippen MR) is 159 cm³/mol. The summed E-state index contributed by atoms with van der Waals surface area (Å²) in [5.74, 6) is -1.26. The molecule has 3 aliphatic rings. The van der Waals surface area contributed by atoms with Gasteiger partial charge in [0.05, 0.1) is 35.2 Å². The van der Waals surface area contributed by atoms with Crippen LogP contribution in [-0.4, -0.2) is 57.9 Å². The number of nitrogens with zero attached hydrogens (tertiary/aromatic N) is 1. The highest BCUT2D eigenvalue weighted by Gasteiger charge is 2.55. The Morgan fingerprint density at radius 1 is 1.18 bits per heavy atom. The van der Waals surface area contributed by atoms with Gasteiger partial charge in [-0.3, -0.25) is 14.5 Å². The number of rotatable bonds is 10. The number of benzene rings is 1. The molecule has 1 heterocycles. The molecule has 0 unspecified atom stereocenters. The lowest BCUT2D eigenvalue weighted by molar-refractivity contribution is -0.143. The van der Waals surface area contributed by atoms with E-state index in [1.54, 1.807) is 6.07 Å². The first-order chi connectivity index (χ1) is 18.7. The number of ether oxygens (including phenoxy) is 1. The third kappa shape index (κ3) is 6.22. The number of allylic oxidation sites excluding steroid dienone is 2. The molecule has 1 aromatic carbocycles. The average Bonchev–Trinajstić information content (AvgIpc) is 3.17. The van der Waals surface area contributed by atoms with Crippen LogP contribution in [-0.2, 0) is 9.59 Å². The summed E-state index contributed by atoms with van der Waals surface area (Å²) < 4.78 is 6.01. The van der Waals surface area contributed by atoms with Crippen molar-refractivity contribution in [1.82, 2.24) is 4.90 Å². The van der Waals surface area contributed by atoms with Crippen molar-refractivity contribution in [2.45, 2.75) is 90.2 Å². The van der Waals surface area contributed by atoms with Gasteiger partial charge in [-0.25, -0.2) is 0 Å². The fourth-order valence-electron chi connectivity index (χ4n) is 6.98. The lowest BCUT2D eigenvalue weighted by Crippen LogP contribution is -2.42. The Hall–Kier alpha value is -1.91. The predicted octanol–water partition coefficient (Wildman–Crippen LogP) is 5.59. The molecule has 39 heavy (non-hydrogen) atoms. The van der Waals surface area contributed by atoms with Gasteiger partial charge in [-0.2, -0.15) is 0 Å². The SMILES string of the molecule is CCC/C(=C\c1cc(I)c(O)c(OC)c1)CC[C@@H](O)C1=C(C)C[C@H]2C(=O)N(C3CCCCC3)C(=O)[C@H]2[C@H]1CO. The molecule has 0 spiro atoms. The quantitative estimate of drug-likeness (QED) is 0.173. The molecule has 7 nitrogen and oxygen atoms in total. The van der Waals surface area contributed by atoms with Crippen LogP contribution >= 0.6 is 22.6 Å². The fourth-order valence-corrected chi connectivity index (χ4v) is 7.60. The summed E-state index contributed by atoms with van der Waals surface area (Å²) in [6.07, 6.45) is 9.61. The molecule has 2 aliphatic carbocycles. The van der Waals surface area contributed by atoms with Gasteiger partial charge in [-0.05, 0) is 91.3 Å². The fraction of sp³-hybridized carbons (Fsp3) is 0.613. The summed E-state index contributed by atoms with van der Waals surface area (Å²) in [5, 5.41) is 32.1. The second kappa shape index (κ2) is 13.2. The summed E-state index contributed by atoms with van der Waals surface area (Å²) in [5.41, 5.74) is 3.76. The number of aliphatic hydroxyl groups excluding tert-OH is 2. The highest BCUT2D eigenvalue weighted by atomic mass is 127. The lowest BCUT2D eigenvalue weighted by atomic mass is 9.68. The number of amides is 2. The van der Waals surface area contributed by atoms with Gasteiger partial charge in [0.2, 0.25) is 11.8 Å². The van der Waals surface area contributed by atoms with E-state index < -0.39 is 23.9 Å². The Bertz CT molecular complexity index is 1140. The van der Waals surface area contributed by atoms with E-state index in [1.165, 1.54) is 17.6 Å². The van der Waals surface area contributed by atoms with E-state index in [2.05, 4.69) is 35.6 Å². The van der Waals surface area contributed by atoms with Gasteiger partial charge in [0.25, 0.3) is 0 Å². The van der Waals surface area contributed by atoms with Crippen LogP contribution in [0.3, 0.4) is 0 Å². The number of likely N-dealkylation sites (tertiary alicyclic amines) is 1. The average molecular weight is 652 g/mol. The number of methoxy groups -OCH3 is 1. The molecule has 1 saturated carbocycles. The van der Waals surface area contributed by atoms with E-state index in [0.29, 0.717) is 28.6 Å². The van der Waals surface area contributed by atoms with E-state index in [9.17, 15) is 24.9 Å². The molecule has 1 saturated heterocycles. The minimum Gasteiger partial charge on any atom is -0.504 e. The molecule has 2 fully saturated rings. The zero-order valence-electron chi connectivity index (χ0n) is 23.3. The number of carbonyl (C=O) groups excluding carboxylic acids is 2. The first-order valence-corrected chi connectivity index (χ1v) is 15.4. The van der Waals surface area contributed by atoms with E-state index in [-0.39, 0.29) is 30.2 Å². The summed E-state index contributed by atoms with van der Waals surface area (Å²) in [4.78, 5) is 28.5. The van der Waals surface area contributed by atoms with Gasteiger partial charge < -0.3 is 20.1 Å². The zero-order chi connectivity index (χ0) is 28.3. The summed E-state index contributed by atoms with van der Waals surface area (Å²) in [6.45, 7) is 3.79. The van der Waals surface area contributed by atoms with Crippen LogP contribution < -0.4 is 4.74 Å². The molecule has 4 rings (SSSR count). The van der Waals surface area contributed by atoms with Crippen LogP contribution in [0.15, 0.2) is 28.9 Å². The van der Waals surface area contributed by atoms with Crippen LogP contribution in [0.4, 0.5) is 0 Å². The summed E-state index contributed by atoms with van der Waals surface area (Å²) in [6, 6.07) is 3.68. The molecule has 4 atom stereocenters. The Morgan fingerprint density at radius 3 is 2.54 bits per heavy atom. The van der Waals surface area contributed by atoms with Crippen molar-refractivity contribution in [2.75, 3.05) is 13.7 Å². The monoisotopic (exact) mass is 651 g/mol. The molecular formula is C31H42INO6. The Labute approximate surface area is 245 Å². The van der Waals surface area contributed by atoms with Crippen LogP contribution in [0, 0.1) is 21.3 Å². The first kappa shape index (κ1) is 30.1. The number of halogens is 1. The van der Waals surface area contributed by atoms with Crippen LogP contribution in [0.1, 0.15) is 83.6 Å². The molecule has 2 amide bonds. The number of carbonyl (C=O) groups is 2. The summed E-state index contributed by atoms with van der Waals surface area (Å²) >= 11 is 2.08. The summed E-state index contributed by atoms with van der Waals surface area (Å²) in [7, 11) is 1.53. The minimum atomic E-state index is -0.801. The molecule has 214 valence electrons. The first-order valence-electron chi connectivity index (χ1n) is 14.3. The van der Waals surface area contributed by atoms with E-state index in [0.717, 1.165) is 61.7 Å². The van der Waals surface area contributed by atoms with E-state index in [4.69, 9.17) is 4.74 Å². The van der Waals surface area contributed by atoms with Gasteiger partial charge in [0.1, 0.15) is 0 Å². The third-order valence-corrected chi connectivity index (χ3v) is 9.63. The molecule has 3 N–H and O–H groups in total. The van der Waals surface area contributed by atoms with Crippen molar-refractivity contribution in [1.29, 1.82) is 0 Å². The number of aliphatic hydroxyl groups is 2. The number of phenols is 1. The van der Waals surface area contributed by atoms with Crippen molar-refractivity contribution in [2.24, 2.45) is 17.8 Å². The maximum Gasteiger partial charge on any atom is 0.234 e. The normalized spacial score (nSPS) is 25.3. The van der Waals surface area contributed by atoms with E-state index >= 15 is 0 Å². The molecule has 0 aromatic heterocycles. The lowest BCUT2D eigenvalue weighted by Gasteiger charge is -2.35. The molecule has 1 aromatic rings. The number of hydrogen-bond donors (Lipinski definition) is 3. The maximum atomic E-state index is 13.6. The van der Waals surface area contributed by atoms with Gasteiger partial charge in [-0.1, -0.05) is 49.8 Å². The standard InChI is InChI=1S/C31H42INO6/c1-4-8-19(14-20-15-24(32)29(36)26(16-20)39-3)11-12-25(35)27-18(2)13-22-28(23(27)17-34)31(38)33(30(22)37)21-9-6-5-7-10-21/h14-16,21-23,25,28,34-36H,4-13,17H2,1-3H3/b19-14+/t22-,23+,25-,28-/m1/s1. The third-order valence-electron chi connectivity index (χ3n) is 8.81. The van der Waals surface area contributed by atoms with Crippen molar-refractivity contribution in [3.63, 3.8) is 0 Å². The van der Waals surface area contributed by atoms with Gasteiger partial charge in [0, 0.05) is 12.0 Å². The Morgan fingerprint density at radius 2 is 1.90 bits per heavy atom. The molecule has 0 bridgehead atoms. The van der Waals surface area contributed by atoms with Crippen molar-refractivity contribution in [3.05, 3.63) is 38.0 Å². The number of imide groups is 1. The highest BCUT2D eigenvalue weighted by Crippen LogP contribution is 2.47. The number of fused-ring (bicyclic) bond motifs is 1. The van der Waals surface area contributed by atoms with Crippen LogP contribution in [0.2, 0.25) is 0 Å².